The van der Waals surface area contributed by atoms with Crippen molar-refractivity contribution in [3.63, 3.8) is 0 Å². The first-order valence-corrected chi connectivity index (χ1v) is 8.14. The normalized spacial score (nSPS) is 10.6. The maximum atomic E-state index is 12.9. The van der Waals surface area contributed by atoms with Crippen LogP contribution in [-0.4, -0.2) is 31.4 Å². The first kappa shape index (κ1) is 17.5. The molecule has 0 bridgehead atoms. The molecule has 3 aromatic rings. The second-order valence-corrected chi connectivity index (χ2v) is 5.52. The molecule has 0 atom stereocenters. The molecule has 6 nitrogen and oxygen atoms in total. The number of nitrogens with zero attached hydrogens (tertiary/aromatic N) is 1. The van der Waals surface area contributed by atoms with Crippen LogP contribution in [0, 0.1) is 0 Å². The van der Waals surface area contributed by atoms with Gasteiger partial charge >= 0.3 is 5.97 Å². The predicted molar refractivity (Wildman–Crippen MR) is 98.6 cm³/mol. The smallest absolute Gasteiger partial charge is 0.343 e. The first-order valence-electron chi connectivity index (χ1n) is 8.14. The fourth-order valence-corrected chi connectivity index (χ4v) is 2.84. The zero-order valence-corrected chi connectivity index (χ0v) is 14.8. The molecule has 6 heteroatoms. The quantitative estimate of drug-likeness (QED) is 0.659. The van der Waals surface area contributed by atoms with Crippen LogP contribution in [0.5, 0.6) is 11.5 Å². The third-order valence-corrected chi connectivity index (χ3v) is 4.04. The molecule has 1 heterocycles. The van der Waals surface area contributed by atoms with Crippen LogP contribution < -0.4 is 14.9 Å². The fourth-order valence-electron chi connectivity index (χ4n) is 2.84. The third kappa shape index (κ3) is 3.01. The number of rotatable bonds is 5. The molecule has 0 aliphatic carbocycles. The highest BCUT2D eigenvalue weighted by molar-refractivity contribution is 5.96. The van der Waals surface area contributed by atoms with E-state index in [1.165, 1.54) is 13.3 Å². The second-order valence-electron chi connectivity index (χ2n) is 5.52. The molecule has 0 unspecified atom stereocenters. The van der Waals surface area contributed by atoms with Gasteiger partial charge in [-0.15, -0.1) is 0 Å². The Labute approximate surface area is 150 Å². The van der Waals surface area contributed by atoms with Gasteiger partial charge in [-0.2, -0.15) is 0 Å². The van der Waals surface area contributed by atoms with Crippen molar-refractivity contribution in [2.24, 2.45) is 0 Å². The molecular formula is C20H19NO5. The lowest BCUT2D eigenvalue weighted by Crippen LogP contribution is -2.21. The predicted octanol–water partition coefficient (Wildman–Crippen LogP) is 3.18. The van der Waals surface area contributed by atoms with Gasteiger partial charge in [0.1, 0.15) is 17.1 Å². The summed E-state index contributed by atoms with van der Waals surface area (Å²) in [6, 6.07) is 12.6. The number of hydrogen-bond acceptors (Lipinski definition) is 5. The highest BCUT2D eigenvalue weighted by Gasteiger charge is 2.19. The summed E-state index contributed by atoms with van der Waals surface area (Å²) in [5.41, 5.74) is 0.894. The standard InChI is InChI=1S/C20H19NO5/c1-4-26-20(23)15-12-21(13-7-5-8-14(11-13)24-2)16-9-6-10-17(25-3)18(16)19(15)22/h5-12H,4H2,1-3H3. The number of benzene rings is 2. The summed E-state index contributed by atoms with van der Waals surface area (Å²) in [4.78, 5) is 25.2. The molecule has 2 aromatic carbocycles. The minimum Gasteiger partial charge on any atom is -0.497 e. The number of ether oxygens (including phenoxy) is 3. The Morgan fingerprint density at radius 2 is 1.85 bits per heavy atom. The molecule has 0 fully saturated rings. The van der Waals surface area contributed by atoms with Crippen LogP contribution in [0.2, 0.25) is 0 Å². The molecule has 0 saturated heterocycles. The molecule has 1 aromatic heterocycles. The fraction of sp³-hybridized carbons (Fsp3) is 0.200. The lowest BCUT2D eigenvalue weighted by Gasteiger charge is -2.15. The van der Waals surface area contributed by atoms with Crippen molar-refractivity contribution in [2.45, 2.75) is 6.92 Å². The number of carbonyl (C=O) groups is 1. The van der Waals surface area contributed by atoms with Gasteiger partial charge in [-0.05, 0) is 31.2 Å². The van der Waals surface area contributed by atoms with Crippen LogP contribution in [0.3, 0.4) is 0 Å². The first-order chi connectivity index (χ1) is 12.6. The van der Waals surface area contributed by atoms with Crippen LogP contribution >= 0.6 is 0 Å². The maximum Gasteiger partial charge on any atom is 0.343 e. The minimum atomic E-state index is -0.665. The highest BCUT2D eigenvalue weighted by Crippen LogP contribution is 2.26. The number of pyridine rings is 1. The van der Waals surface area contributed by atoms with Crippen molar-refractivity contribution in [1.29, 1.82) is 0 Å². The number of aromatic nitrogens is 1. The average molecular weight is 353 g/mol. The summed E-state index contributed by atoms with van der Waals surface area (Å²) in [5, 5.41) is 0.323. The largest absolute Gasteiger partial charge is 0.497 e. The zero-order chi connectivity index (χ0) is 18.7. The molecule has 0 N–H and O–H groups in total. The van der Waals surface area contributed by atoms with E-state index in [1.807, 2.05) is 24.3 Å². The summed E-state index contributed by atoms with van der Waals surface area (Å²) < 4.78 is 17.4. The highest BCUT2D eigenvalue weighted by atomic mass is 16.5. The Bertz CT molecular complexity index is 1020. The summed E-state index contributed by atoms with van der Waals surface area (Å²) >= 11 is 0. The van der Waals surface area contributed by atoms with E-state index in [4.69, 9.17) is 14.2 Å². The van der Waals surface area contributed by atoms with E-state index in [0.29, 0.717) is 22.4 Å². The molecule has 0 saturated carbocycles. The van der Waals surface area contributed by atoms with Crippen molar-refractivity contribution in [3.05, 3.63) is 64.4 Å². The van der Waals surface area contributed by atoms with E-state index < -0.39 is 11.4 Å². The lowest BCUT2D eigenvalue weighted by atomic mass is 10.1. The Morgan fingerprint density at radius 1 is 1.08 bits per heavy atom. The van der Waals surface area contributed by atoms with Crippen LogP contribution in [0.25, 0.3) is 16.6 Å². The topological polar surface area (TPSA) is 66.8 Å². The SMILES string of the molecule is CCOC(=O)c1cn(-c2cccc(OC)c2)c2cccc(OC)c2c1=O. The van der Waals surface area contributed by atoms with Gasteiger partial charge in [0.05, 0.1) is 31.7 Å². The molecule has 0 aliphatic heterocycles. The summed E-state index contributed by atoms with van der Waals surface area (Å²) in [5.74, 6) is 0.396. The van der Waals surface area contributed by atoms with Gasteiger partial charge in [-0.3, -0.25) is 4.79 Å². The molecular weight excluding hydrogens is 334 g/mol. The van der Waals surface area contributed by atoms with E-state index in [9.17, 15) is 9.59 Å². The Kier molecular flexibility index (Phi) is 4.93. The summed E-state index contributed by atoms with van der Waals surface area (Å²) in [7, 11) is 3.07. The van der Waals surface area contributed by atoms with Gasteiger partial charge in [0.25, 0.3) is 0 Å². The van der Waals surface area contributed by atoms with Crippen LogP contribution in [-0.2, 0) is 4.74 Å². The van der Waals surface area contributed by atoms with E-state index in [1.54, 1.807) is 36.8 Å². The number of esters is 1. The molecule has 134 valence electrons. The lowest BCUT2D eigenvalue weighted by molar-refractivity contribution is 0.0524. The third-order valence-electron chi connectivity index (χ3n) is 4.04. The Balaban J connectivity index is 2.39. The van der Waals surface area contributed by atoms with E-state index in [0.717, 1.165) is 5.69 Å². The van der Waals surface area contributed by atoms with E-state index >= 15 is 0 Å². The monoisotopic (exact) mass is 353 g/mol. The van der Waals surface area contributed by atoms with Crippen molar-refractivity contribution >= 4 is 16.9 Å². The van der Waals surface area contributed by atoms with Crippen LogP contribution in [0.15, 0.2) is 53.5 Å². The van der Waals surface area contributed by atoms with Crippen molar-refractivity contribution < 1.29 is 19.0 Å². The van der Waals surface area contributed by atoms with Crippen molar-refractivity contribution in [1.82, 2.24) is 4.57 Å². The van der Waals surface area contributed by atoms with Gasteiger partial charge in [0.2, 0.25) is 5.43 Å². The molecule has 26 heavy (non-hydrogen) atoms. The maximum absolute atomic E-state index is 12.9. The summed E-state index contributed by atoms with van der Waals surface area (Å²) in [6.07, 6.45) is 1.50. The van der Waals surface area contributed by atoms with Crippen LogP contribution in [0.4, 0.5) is 0 Å². The van der Waals surface area contributed by atoms with Gasteiger partial charge in [0.15, 0.2) is 0 Å². The van der Waals surface area contributed by atoms with Crippen LogP contribution in [0.1, 0.15) is 17.3 Å². The second kappa shape index (κ2) is 7.31. The zero-order valence-electron chi connectivity index (χ0n) is 14.8. The Hall–Kier alpha value is -3.28. The Morgan fingerprint density at radius 3 is 2.54 bits per heavy atom. The van der Waals surface area contributed by atoms with Gasteiger partial charge < -0.3 is 18.8 Å². The minimum absolute atomic E-state index is 0.0494. The molecule has 0 radical (unpaired) electrons. The van der Waals surface area contributed by atoms with E-state index in [2.05, 4.69) is 0 Å². The molecule has 0 amide bonds. The number of methoxy groups -OCH3 is 2. The average Bonchev–Trinajstić information content (AvgIpc) is 2.68. The van der Waals surface area contributed by atoms with Gasteiger partial charge in [0, 0.05) is 18.0 Å². The molecule has 0 spiro atoms. The van der Waals surface area contributed by atoms with Gasteiger partial charge in [-0.25, -0.2) is 4.79 Å². The van der Waals surface area contributed by atoms with E-state index in [-0.39, 0.29) is 12.2 Å². The van der Waals surface area contributed by atoms with Crippen molar-refractivity contribution in [3.8, 4) is 17.2 Å². The number of carbonyl (C=O) groups excluding carboxylic acids is 1. The number of hydrogen-bond donors (Lipinski definition) is 0. The number of fused-ring (bicyclic) bond motifs is 1. The molecule has 3 rings (SSSR count). The molecule has 0 aliphatic rings. The summed E-state index contributed by atoms with van der Waals surface area (Å²) in [6.45, 7) is 1.88. The van der Waals surface area contributed by atoms with Gasteiger partial charge in [-0.1, -0.05) is 12.1 Å². The van der Waals surface area contributed by atoms with Crippen molar-refractivity contribution in [2.75, 3.05) is 20.8 Å².